The van der Waals surface area contributed by atoms with E-state index in [4.69, 9.17) is 0 Å². The topological polar surface area (TPSA) is 26.4 Å². The van der Waals surface area contributed by atoms with Crippen molar-refractivity contribution in [2.24, 2.45) is 0 Å². The van der Waals surface area contributed by atoms with Crippen LogP contribution in [0.2, 0.25) is 0 Å². The number of fused-ring (bicyclic) bond motifs is 11. The Labute approximate surface area is 317 Å². The summed E-state index contributed by atoms with van der Waals surface area (Å²) in [6.07, 6.45) is 0. The average Bonchev–Trinajstić information content (AvgIpc) is 3.82. The first kappa shape index (κ1) is 30.5. The van der Waals surface area contributed by atoms with E-state index in [9.17, 15) is 4.79 Å². The maximum atomic E-state index is 13.9. The van der Waals surface area contributed by atoms with Gasteiger partial charge in [-0.25, -0.2) is 0 Å². The molecular formula is C52H34N2O. The average molecular weight is 703 g/mol. The lowest BCUT2D eigenvalue weighted by Crippen LogP contribution is -2.14. The van der Waals surface area contributed by atoms with Gasteiger partial charge < -0.3 is 4.57 Å². The van der Waals surface area contributed by atoms with E-state index < -0.39 is 0 Å². The number of para-hydroxylation sites is 2. The van der Waals surface area contributed by atoms with Crippen molar-refractivity contribution in [3.8, 4) is 39.1 Å². The normalized spacial score (nSPS) is 13.5. The molecule has 0 fully saturated rings. The van der Waals surface area contributed by atoms with Crippen molar-refractivity contribution >= 4 is 59.8 Å². The Morgan fingerprint density at radius 2 is 1.00 bits per heavy atom. The van der Waals surface area contributed by atoms with Crippen molar-refractivity contribution in [2.45, 2.75) is 19.3 Å². The van der Waals surface area contributed by atoms with Gasteiger partial charge in [0.25, 0.3) is 5.56 Å². The van der Waals surface area contributed by atoms with Crippen LogP contribution in [0.3, 0.4) is 0 Å². The molecule has 0 saturated carbocycles. The summed E-state index contributed by atoms with van der Waals surface area (Å²) in [5, 5.41) is 7.60. The fraction of sp³-hybridized carbons (Fsp3) is 0.0577. The number of benzene rings is 8. The van der Waals surface area contributed by atoms with Crippen LogP contribution >= 0.6 is 0 Å². The lowest BCUT2D eigenvalue weighted by atomic mass is 9.82. The third kappa shape index (κ3) is 4.02. The molecule has 3 heteroatoms. The van der Waals surface area contributed by atoms with E-state index in [0.29, 0.717) is 0 Å². The largest absolute Gasteiger partial charge is 0.309 e. The zero-order chi connectivity index (χ0) is 36.6. The van der Waals surface area contributed by atoms with E-state index in [2.05, 4.69) is 170 Å². The highest BCUT2D eigenvalue weighted by Crippen LogP contribution is 2.51. The molecule has 0 saturated heterocycles. The second-order valence-corrected chi connectivity index (χ2v) is 15.7. The van der Waals surface area contributed by atoms with Gasteiger partial charge in [-0.05, 0) is 98.4 Å². The lowest BCUT2D eigenvalue weighted by Gasteiger charge is -2.21. The molecule has 11 aromatic rings. The van der Waals surface area contributed by atoms with Gasteiger partial charge in [-0.3, -0.25) is 9.20 Å². The number of hydrogen-bond acceptors (Lipinski definition) is 1. The molecule has 0 amide bonds. The van der Waals surface area contributed by atoms with Crippen LogP contribution in [0.4, 0.5) is 0 Å². The molecule has 3 heterocycles. The van der Waals surface area contributed by atoms with Gasteiger partial charge >= 0.3 is 0 Å². The highest BCUT2D eigenvalue weighted by molar-refractivity contribution is 6.20. The van der Waals surface area contributed by atoms with Crippen LogP contribution in [0.5, 0.6) is 0 Å². The smallest absolute Gasteiger partial charge is 0.263 e. The molecule has 0 N–H and O–H groups in total. The lowest BCUT2D eigenvalue weighted by molar-refractivity contribution is 0.661. The summed E-state index contributed by atoms with van der Waals surface area (Å²) in [5.74, 6) is 0. The van der Waals surface area contributed by atoms with Crippen LogP contribution in [0.1, 0.15) is 25.0 Å². The van der Waals surface area contributed by atoms with Gasteiger partial charge in [0.05, 0.1) is 22.1 Å². The van der Waals surface area contributed by atoms with Gasteiger partial charge in [0.15, 0.2) is 0 Å². The molecule has 8 aromatic carbocycles. The molecular weight excluding hydrogens is 669 g/mol. The molecule has 1 aliphatic rings. The highest BCUT2D eigenvalue weighted by Gasteiger charge is 2.36. The molecule has 12 rings (SSSR count). The first-order valence-corrected chi connectivity index (χ1v) is 19.1. The Kier molecular flexibility index (Phi) is 5.99. The minimum Gasteiger partial charge on any atom is -0.309 e. The number of hydrogen-bond donors (Lipinski definition) is 0. The zero-order valence-electron chi connectivity index (χ0n) is 30.5. The Morgan fingerprint density at radius 3 is 1.80 bits per heavy atom. The van der Waals surface area contributed by atoms with E-state index in [1.807, 2.05) is 22.6 Å². The number of aromatic nitrogens is 2. The predicted octanol–water partition coefficient (Wildman–Crippen LogP) is 12.9. The quantitative estimate of drug-likeness (QED) is 0.168. The number of rotatable bonds is 3. The van der Waals surface area contributed by atoms with Gasteiger partial charge in [-0.2, -0.15) is 0 Å². The summed E-state index contributed by atoms with van der Waals surface area (Å²) in [7, 11) is 0. The molecule has 0 radical (unpaired) electrons. The standard InChI is InChI=1S/C52H34N2O/c1-52(2)45-20-9-7-15-37(45)42-30-49-44(29-46(42)52)38-16-8-10-21-47(38)53(49)33-25-22-31(23-26-33)34-12-3-4-13-35(34)32-24-27-48-43(28-32)40-19-11-18-39-36-14-5-6-17-41(36)51(55)54(48)50(39)40/h3-30H,1-2H3. The minimum atomic E-state index is -0.0546. The second-order valence-electron chi connectivity index (χ2n) is 15.7. The van der Waals surface area contributed by atoms with Crippen molar-refractivity contribution in [3.05, 3.63) is 191 Å². The summed E-state index contributed by atoms with van der Waals surface area (Å²) in [5.41, 5.74) is 15.5. The minimum absolute atomic E-state index is 0.0313. The van der Waals surface area contributed by atoms with Crippen LogP contribution in [0, 0.1) is 0 Å². The van der Waals surface area contributed by atoms with Crippen molar-refractivity contribution in [1.29, 1.82) is 0 Å². The summed E-state index contributed by atoms with van der Waals surface area (Å²) in [6, 6.07) is 61.2. The van der Waals surface area contributed by atoms with Gasteiger partial charge in [-0.1, -0.05) is 135 Å². The van der Waals surface area contributed by atoms with Crippen molar-refractivity contribution in [1.82, 2.24) is 8.97 Å². The number of nitrogens with zero attached hydrogens (tertiary/aromatic N) is 2. The Bertz CT molecular complexity index is 3470. The van der Waals surface area contributed by atoms with E-state index in [-0.39, 0.29) is 11.0 Å². The summed E-state index contributed by atoms with van der Waals surface area (Å²) in [6.45, 7) is 4.70. The van der Waals surface area contributed by atoms with E-state index in [1.54, 1.807) is 0 Å². The molecule has 0 spiro atoms. The molecule has 0 unspecified atom stereocenters. The molecule has 55 heavy (non-hydrogen) atoms. The molecule has 3 aromatic heterocycles. The fourth-order valence-electron chi connectivity index (χ4n) is 9.91. The fourth-order valence-corrected chi connectivity index (χ4v) is 9.91. The first-order chi connectivity index (χ1) is 27.0. The molecule has 0 aliphatic heterocycles. The summed E-state index contributed by atoms with van der Waals surface area (Å²) >= 11 is 0. The Hall–Kier alpha value is -6.97. The van der Waals surface area contributed by atoms with E-state index >= 15 is 0 Å². The van der Waals surface area contributed by atoms with Gasteiger partial charge in [0.2, 0.25) is 0 Å². The van der Waals surface area contributed by atoms with Crippen LogP contribution in [0.15, 0.2) is 175 Å². The highest BCUT2D eigenvalue weighted by atomic mass is 16.1. The van der Waals surface area contributed by atoms with Crippen molar-refractivity contribution < 1.29 is 0 Å². The van der Waals surface area contributed by atoms with Crippen LogP contribution in [-0.4, -0.2) is 8.97 Å². The molecule has 1 aliphatic carbocycles. The molecule has 0 atom stereocenters. The summed E-state index contributed by atoms with van der Waals surface area (Å²) in [4.78, 5) is 13.9. The SMILES string of the molecule is CC1(C)c2ccccc2-c2cc3c(cc21)c1ccccc1n3-c1ccc(-c2ccccc2-c2ccc3c(c2)c2cccc4c5ccccc5c(=O)n3c42)cc1. The zero-order valence-corrected chi connectivity index (χ0v) is 30.5. The monoisotopic (exact) mass is 702 g/mol. The van der Waals surface area contributed by atoms with Gasteiger partial charge in [0.1, 0.15) is 0 Å². The molecule has 3 nitrogen and oxygen atoms in total. The molecule has 0 bridgehead atoms. The van der Waals surface area contributed by atoms with Crippen molar-refractivity contribution in [2.75, 3.05) is 0 Å². The second kappa shape index (κ2) is 10.8. The first-order valence-electron chi connectivity index (χ1n) is 19.1. The maximum absolute atomic E-state index is 13.9. The predicted molar refractivity (Wildman–Crippen MR) is 230 cm³/mol. The maximum Gasteiger partial charge on any atom is 0.263 e. The van der Waals surface area contributed by atoms with E-state index in [1.165, 1.54) is 49.6 Å². The molecule has 258 valence electrons. The summed E-state index contributed by atoms with van der Waals surface area (Å²) < 4.78 is 4.35. The van der Waals surface area contributed by atoms with Crippen LogP contribution in [-0.2, 0) is 5.41 Å². The third-order valence-electron chi connectivity index (χ3n) is 12.5. The Morgan fingerprint density at radius 1 is 0.400 bits per heavy atom. The van der Waals surface area contributed by atoms with Crippen LogP contribution < -0.4 is 5.56 Å². The van der Waals surface area contributed by atoms with E-state index in [0.717, 1.165) is 60.3 Å². The number of pyridine rings is 1. The van der Waals surface area contributed by atoms with Gasteiger partial charge in [-0.15, -0.1) is 0 Å². The van der Waals surface area contributed by atoms with Crippen LogP contribution in [0.25, 0.3) is 98.8 Å². The van der Waals surface area contributed by atoms with Gasteiger partial charge in [0, 0.05) is 43.4 Å². The Balaban J connectivity index is 1.01. The third-order valence-corrected chi connectivity index (χ3v) is 12.5. The van der Waals surface area contributed by atoms with Crippen molar-refractivity contribution in [3.63, 3.8) is 0 Å².